The number of aromatic nitrogens is 3. The molecule has 1 amide bonds. The lowest BCUT2D eigenvalue weighted by Gasteiger charge is -2.23. The number of sulfone groups is 1. The molecular weight excluding hydrogens is 372 g/mol. The molecule has 3 rings (SSSR count). The second-order valence-electron chi connectivity index (χ2n) is 6.55. The first kappa shape index (κ1) is 18.9. The van der Waals surface area contributed by atoms with Crippen LogP contribution in [0.2, 0.25) is 0 Å². The number of rotatable bonds is 5. The quantitative estimate of drug-likeness (QED) is 0.717. The molecule has 1 aromatic carbocycles. The summed E-state index contributed by atoms with van der Waals surface area (Å²) in [4.78, 5) is 14.0. The van der Waals surface area contributed by atoms with Gasteiger partial charge in [0.25, 0.3) is 0 Å². The first-order chi connectivity index (χ1) is 12.3. The molecule has 1 aliphatic heterocycles. The van der Waals surface area contributed by atoms with Crippen molar-refractivity contribution >= 4 is 27.5 Å². The number of benzene rings is 1. The van der Waals surface area contributed by atoms with E-state index in [4.69, 9.17) is 0 Å². The number of carbonyl (C=O) groups is 1. The van der Waals surface area contributed by atoms with Crippen LogP contribution >= 0.6 is 11.8 Å². The Labute approximate surface area is 157 Å². The number of aryl methyl sites for hydroxylation is 2. The third-order valence-corrected chi connectivity index (χ3v) is 7.23. The van der Waals surface area contributed by atoms with E-state index in [0.717, 1.165) is 17.1 Å². The first-order valence-corrected chi connectivity index (χ1v) is 11.2. The summed E-state index contributed by atoms with van der Waals surface area (Å²) in [5.41, 5.74) is 2.11. The standard InChI is InChI=1S/C17H22N4O3S2/c1-12-4-6-14(7-5-12)21-13(2)18-19-17(21)25-10-16(22)20(3)15-8-9-26(23,24)11-15/h4-7,15H,8-11H2,1-3H3/t15-/m1/s1. The Morgan fingerprint density at radius 3 is 2.58 bits per heavy atom. The maximum absolute atomic E-state index is 12.5. The van der Waals surface area contributed by atoms with Gasteiger partial charge in [-0.15, -0.1) is 10.2 Å². The van der Waals surface area contributed by atoms with Crippen molar-refractivity contribution < 1.29 is 13.2 Å². The van der Waals surface area contributed by atoms with Gasteiger partial charge in [0, 0.05) is 18.8 Å². The maximum Gasteiger partial charge on any atom is 0.233 e. The molecule has 0 bridgehead atoms. The van der Waals surface area contributed by atoms with Crippen molar-refractivity contribution in [3.05, 3.63) is 35.7 Å². The Bertz CT molecular complexity index is 907. The zero-order chi connectivity index (χ0) is 18.9. The van der Waals surface area contributed by atoms with Gasteiger partial charge in [0.2, 0.25) is 5.91 Å². The van der Waals surface area contributed by atoms with E-state index in [9.17, 15) is 13.2 Å². The van der Waals surface area contributed by atoms with Crippen molar-refractivity contribution in [3.63, 3.8) is 0 Å². The van der Waals surface area contributed by atoms with Crippen molar-refractivity contribution in [2.24, 2.45) is 0 Å². The van der Waals surface area contributed by atoms with E-state index < -0.39 is 9.84 Å². The molecule has 1 saturated heterocycles. The number of amides is 1. The summed E-state index contributed by atoms with van der Waals surface area (Å²) in [5.74, 6) is 1.05. The van der Waals surface area contributed by atoms with E-state index in [1.807, 2.05) is 42.7 Å². The summed E-state index contributed by atoms with van der Waals surface area (Å²) in [6.07, 6.45) is 0.508. The fourth-order valence-corrected chi connectivity index (χ4v) is 5.64. The summed E-state index contributed by atoms with van der Waals surface area (Å²) in [7, 11) is -1.34. The van der Waals surface area contributed by atoms with Crippen LogP contribution in [0.4, 0.5) is 0 Å². The normalized spacial score (nSPS) is 18.8. The average molecular weight is 395 g/mol. The Morgan fingerprint density at radius 1 is 1.27 bits per heavy atom. The number of thioether (sulfide) groups is 1. The number of hydrogen-bond donors (Lipinski definition) is 0. The number of nitrogens with zero attached hydrogens (tertiary/aromatic N) is 4. The zero-order valence-corrected chi connectivity index (χ0v) is 16.7. The summed E-state index contributed by atoms with van der Waals surface area (Å²) < 4.78 is 25.1. The smallest absolute Gasteiger partial charge is 0.233 e. The minimum absolute atomic E-state index is 0.0541. The Kier molecular flexibility index (Phi) is 5.38. The molecule has 7 nitrogen and oxygen atoms in total. The van der Waals surface area contributed by atoms with Crippen LogP contribution in [-0.2, 0) is 14.6 Å². The van der Waals surface area contributed by atoms with Gasteiger partial charge in [0.15, 0.2) is 15.0 Å². The topological polar surface area (TPSA) is 85.2 Å². The highest BCUT2D eigenvalue weighted by molar-refractivity contribution is 7.99. The van der Waals surface area contributed by atoms with Crippen molar-refractivity contribution in [1.29, 1.82) is 0 Å². The summed E-state index contributed by atoms with van der Waals surface area (Å²) in [6, 6.07) is 7.79. The van der Waals surface area contributed by atoms with Crippen LogP contribution in [0.5, 0.6) is 0 Å². The second-order valence-corrected chi connectivity index (χ2v) is 9.72. The Balaban J connectivity index is 1.68. The fraction of sp³-hybridized carbons (Fsp3) is 0.471. The molecule has 9 heteroatoms. The molecule has 1 fully saturated rings. The molecule has 26 heavy (non-hydrogen) atoms. The zero-order valence-electron chi connectivity index (χ0n) is 15.0. The Hall–Kier alpha value is -1.87. The van der Waals surface area contributed by atoms with Crippen LogP contribution in [0.25, 0.3) is 5.69 Å². The molecule has 0 unspecified atom stereocenters. The highest BCUT2D eigenvalue weighted by Gasteiger charge is 2.32. The van der Waals surface area contributed by atoms with Crippen molar-refractivity contribution in [2.75, 3.05) is 24.3 Å². The molecule has 140 valence electrons. The van der Waals surface area contributed by atoms with E-state index in [1.165, 1.54) is 11.8 Å². The van der Waals surface area contributed by atoms with Crippen LogP contribution in [-0.4, -0.2) is 64.3 Å². The molecule has 1 aromatic heterocycles. The fourth-order valence-electron chi connectivity index (χ4n) is 2.94. The van der Waals surface area contributed by atoms with Gasteiger partial charge in [0.1, 0.15) is 5.82 Å². The van der Waals surface area contributed by atoms with Crippen LogP contribution in [0.1, 0.15) is 17.8 Å². The van der Waals surface area contributed by atoms with Crippen molar-refractivity contribution in [3.8, 4) is 5.69 Å². The molecule has 2 heterocycles. The van der Waals surface area contributed by atoms with Crippen LogP contribution in [0.15, 0.2) is 29.4 Å². The summed E-state index contributed by atoms with van der Waals surface area (Å²) >= 11 is 1.31. The lowest BCUT2D eigenvalue weighted by atomic mass is 10.2. The molecule has 0 spiro atoms. The van der Waals surface area contributed by atoms with Crippen molar-refractivity contribution in [1.82, 2.24) is 19.7 Å². The van der Waals surface area contributed by atoms with Crippen LogP contribution in [0, 0.1) is 13.8 Å². The molecule has 1 atom stereocenters. The minimum Gasteiger partial charge on any atom is -0.341 e. The monoisotopic (exact) mass is 394 g/mol. The molecule has 1 aliphatic rings. The van der Waals surface area contributed by atoms with Gasteiger partial charge in [-0.3, -0.25) is 9.36 Å². The average Bonchev–Trinajstić information content (AvgIpc) is 3.15. The summed E-state index contributed by atoms with van der Waals surface area (Å²) in [6.45, 7) is 3.89. The van der Waals surface area contributed by atoms with Gasteiger partial charge in [-0.1, -0.05) is 29.5 Å². The van der Waals surface area contributed by atoms with Gasteiger partial charge in [-0.25, -0.2) is 8.42 Å². The highest BCUT2D eigenvalue weighted by atomic mass is 32.2. The predicted octanol–water partition coefficient (Wildman–Crippen LogP) is 1.62. The van der Waals surface area contributed by atoms with Gasteiger partial charge in [-0.05, 0) is 32.4 Å². The number of hydrogen-bond acceptors (Lipinski definition) is 6. The molecular formula is C17H22N4O3S2. The second kappa shape index (κ2) is 7.40. The largest absolute Gasteiger partial charge is 0.341 e. The van der Waals surface area contributed by atoms with E-state index in [-0.39, 0.29) is 29.2 Å². The lowest BCUT2D eigenvalue weighted by molar-refractivity contribution is -0.128. The summed E-state index contributed by atoms with van der Waals surface area (Å²) in [5, 5.41) is 8.94. The third-order valence-electron chi connectivity index (χ3n) is 4.56. The molecule has 0 aliphatic carbocycles. The Morgan fingerprint density at radius 2 is 1.96 bits per heavy atom. The lowest BCUT2D eigenvalue weighted by Crippen LogP contribution is -2.38. The van der Waals surface area contributed by atoms with Gasteiger partial charge >= 0.3 is 0 Å². The van der Waals surface area contributed by atoms with Gasteiger partial charge in [0.05, 0.1) is 17.3 Å². The predicted molar refractivity (Wildman–Crippen MR) is 101 cm³/mol. The van der Waals surface area contributed by atoms with E-state index in [1.54, 1.807) is 11.9 Å². The molecule has 2 aromatic rings. The molecule has 0 N–H and O–H groups in total. The van der Waals surface area contributed by atoms with E-state index in [2.05, 4.69) is 10.2 Å². The van der Waals surface area contributed by atoms with E-state index >= 15 is 0 Å². The van der Waals surface area contributed by atoms with Crippen LogP contribution in [0.3, 0.4) is 0 Å². The van der Waals surface area contributed by atoms with E-state index in [0.29, 0.717) is 11.6 Å². The van der Waals surface area contributed by atoms with Crippen molar-refractivity contribution in [2.45, 2.75) is 31.5 Å². The first-order valence-electron chi connectivity index (χ1n) is 8.35. The molecule has 0 saturated carbocycles. The SMILES string of the molecule is Cc1ccc(-n2c(C)nnc2SCC(=O)N(C)[C@@H]2CCS(=O)(=O)C2)cc1. The molecule has 0 radical (unpaired) electrons. The third kappa shape index (κ3) is 4.09. The van der Waals surface area contributed by atoms with Crippen LogP contribution < -0.4 is 0 Å². The van der Waals surface area contributed by atoms with Gasteiger partial charge in [-0.2, -0.15) is 0 Å². The maximum atomic E-state index is 12.5. The van der Waals surface area contributed by atoms with Gasteiger partial charge < -0.3 is 4.90 Å². The number of carbonyl (C=O) groups excluding carboxylic acids is 1. The minimum atomic E-state index is -3.01. The highest BCUT2D eigenvalue weighted by Crippen LogP contribution is 2.23.